The van der Waals surface area contributed by atoms with Crippen molar-refractivity contribution in [2.24, 2.45) is 45.3 Å². The number of rotatable bonds is 4. The number of hydrogen-bond donors (Lipinski definition) is 0. The first-order valence-electron chi connectivity index (χ1n) is 14.2. The van der Waals surface area contributed by atoms with Crippen LogP contribution < -0.4 is 0 Å². The van der Waals surface area contributed by atoms with Gasteiger partial charge in [-0.3, -0.25) is 4.79 Å². The van der Waals surface area contributed by atoms with Gasteiger partial charge in [-0.2, -0.15) is 0 Å². The average Bonchev–Trinajstić information content (AvgIpc) is 3.09. The van der Waals surface area contributed by atoms with Crippen LogP contribution in [0.3, 0.4) is 0 Å². The summed E-state index contributed by atoms with van der Waals surface area (Å²) in [6.07, 6.45) is 10.8. The van der Waals surface area contributed by atoms with Crippen LogP contribution in [0.2, 0.25) is 0 Å². The van der Waals surface area contributed by atoms with Crippen molar-refractivity contribution in [3.05, 3.63) is 33.9 Å². The summed E-state index contributed by atoms with van der Waals surface area (Å²) < 4.78 is 0. The molecule has 190 valence electrons. The van der Waals surface area contributed by atoms with Crippen LogP contribution in [0.5, 0.6) is 0 Å². The molecule has 1 saturated carbocycles. The van der Waals surface area contributed by atoms with Crippen molar-refractivity contribution in [2.45, 2.75) is 121 Å². The molecule has 0 aromatic rings. The zero-order valence-corrected chi connectivity index (χ0v) is 24.2. The molecule has 0 radical (unpaired) electrons. The second-order valence-corrected chi connectivity index (χ2v) is 15.1. The van der Waals surface area contributed by atoms with E-state index in [2.05, 4.69) is 82.2 Å². The highest BCUT2D eigenvalue weighted by Gasteiger charge is 2.56. The fourth-order valence-electron chi connectivity index (χ4n) is 8.50. The maximum atomic E-state index is 14.0. The van der Waals surface area contributed by atoms with E-state index in [4.69, 9.17) is 0 Å². The van der Waals surface area contributed by atoms with Gasteiger partial charge in [-0.25, -0.2) is 0 Å². The quantitative estimate of drug-likeness (QED) is 0.405. The van der Waals surface area contributed by atoms with E-state index in [1.54, 1.807) is 0 Å². The third-order valence-electron chi connectivity index (χ3n) is 11.5. The minimum atomic E-state index is 0.0923. The Balaban J connectivity index is 1.69. The topological polar surface area (TPSA) is 17.1 Å². The predicted molar refractivity (Wildman–Crippen MR) is 146 cm³/mol. The number of ketones is 1. The molecule has 0 aromatic heterocycles. The van der Waals surface area contributed by atoms with Crippen LogP contribution in [0.15, 0.2) is 33.9 Å². The van der Waals surface area contributed by atoms with Gasteiger partial charge in [0.2, 0.25) is 0 Å². The molecule has 6 atom stereocenters. The second kappa shape index (κ2) is 8.21. The highest BCUT2D eigenvalue weighted by atomic mass is 16.1. The van der Waals surface area contributed by atoms with Gasteiger partial charge in [-0.05, 0) is 109 Å². The molecule has 4 rings (SSSR count). The number of allylic oxidation sites excluding steroid dienone is 6. The molecule has 0 bridgehead atoms. The average molecular weight is 465 g/mol. The lowest BCUT2D eigenvalue weighted by Crippen LogP contribution is -2.46. The summed E-state index contributed by atoms with van der Waals surface area (Å²) in [7, 11) is 0. The number of carbonyl (C=O) groups excluding carboxylic acids is 1. The Labute approximate surface area is 210 Å². The Morgan fingerprint density at radius 3 is 2.32 bits per heavy atom. The van der Waals surface area contributed by atoms with Crippen LogP contribution in [0.25, 0.3) is 0 Å². The summed E-state index contributed by atoms with van der Waals surface area (Å²) in [5, 5.41) is 0. The summed E-state index contributed by atoms with van der Waals surface area (Å²) >= 11 is 0. The summed E-state index contributed by atoms with van der Waals surface area (Å²) in [6, 6.07) is 0. The molecule has 0 N–H and O–H groups in total. The second-order valence-electron chi connectivity index (χ2n) is 15.1. The van der Waals surface area contributed by atoms with E-state index in [0.29, 0.717) is 34.9 Å². The van der Waals surface area contributed by atoms with Crippen molar-refractivity contribution >= 4 is 5.78 Å². The highest BCUT2D eigenvalue weighted by Crippen LogP contribution is 2.66. The summed E-state index contributed by atoms with van der Waals surface area (Å²) in [6.45, 7) is 26.6. The first-order chi connectivity index (χ1) is 15.5. The van der Waals surface area contributed by atoms with Gasteiger partial charge < -0.3 is 0 Å². The summed E-state index contributed by atoms with van der Waals surface area (Å²) in [5.74, 6) is 3.03. The predicted octanol–water partition coefficient (Wildman–Crippen LogP) is 9.49. The molecule has 0 spiro atoms. The molecule has 0 amide bonds. The minimum Gasteiger partial charge on any atom is -0.289 e. The van der Waals surface area contributed by atoms with Gasteiger partial charge >= 0.3 is 0 Å². The molecular weight excluding hydrogens is 412 g/mol. The molecular formula is C33H52O. The molecule has 0 heterocycles. The summed E-state index contributed by atoms with van der Waals surface area (Å²) in [4.78, 5) is 14.0. The van der Waals surface area contributed by atoms with Crippen LogP contribution in [0.1, 0.15) is 121 Å². The molecule has 0 aromatic carbocycles. The van der Waals surface area contributed by atoms with Crippen LogP contribution in [0.4, 0.5) is 0 Å². The SMILES string of the molecule is CC1=C2C[C@@H](C)[C@@H](C)C[C@]2(C)C2=C(C1=O)C1=CC[C@H](C(C)(C)[C@H](C)CCC(C)(C)C)[C@@]1(C)CC2. The van der Waals surface area contributed by atoms with Gasteiger partial charge in [-0.1, -0.05) is 80.9 Å². The van der Waals surface area contributed by atoms with Crippen LogP contribution >= 0.6 is 0 Å². The van der Waals surface area contributed by atoms with Gasteiger partial charge in [0, 0.05) is 11.0 Å². The van der Waals surface area contributed by atoms with Gasteiger partial charge in [0.05, 0.1) is 0 Å². The van der Waals surface area contributed by atoms with Gasteiger partial charge in [0.1, 0.15) is 0 Å². The van der Waals surface area contributed by atoms with E-state index in [1.165, 1.54) is 42.4 Å². The minimum absolute atomic E-state index is 0.0923. The lowest BCUT2D eigenvalue weighted by Gasteiger charge is -2.54. The molecule has 0 aliphatic heterocycles. The van der Waals surface area contributed by atoms with E-state index < -0.39 is 0 Å². The van der Waals surface area contributed by atoms with Crippen LogP contribution in [-0.4, -0.2) is 5.78 Å². The maximum absolute atomic E-state index is 14.0. The molecule has 1 nitrogen and oxygen atoms in total. The van der Waals surface area contributed by atoms with E-state index in [0.717, 1.165) is 30.4 Å². The number of carbonyl (C=O) groups is 1. The number of fused-ring (bicyclic) bond motifs is 4. The Kier molecular flexibility index (Phi) is 6.27. The first-order valence-corrected chi connectivity index (χ1v) is 14.2. The van der Waals surface area contributed by atoms with E-state index in [-0.39, 0.29) is 16.2 Å². The zero-order chi connectivity index (χ0) is 25.4. The van der Waals surface area contributed by atoms with E-state index >= 15 is 0 Å². The van der Waals surface area contributed by atoms with Crippen molar-refractivity contribution in [3.63, 3.8) is 0 Å². The molecule has 34 heavy (non-hydrogen) atoms. The van der Waals surface area contributed by atoms with Crippen molar-refractivity contribution in [3.8, 4) is 0 Å². The molecule has 1 fully saturated rings. The number of hydrogen-bond acceptors (Lipinski definition) is 1. The van der Waals surface area contributed by atoms with Crippen LogP contribution in [-0.2, 0) is 4.79 Å². The van der Waals surface area contributed by atoms with Crippen molar-refractivity contribution in [2.75, 3.05) is 0 Å². The van der Waals surface area contributed by atoms with E-state index in [1.807, 2.05) is 0 Å². The van der Waals surface area contributed by atoms with Crippen LogP contribution in [0, 0.1) is 45.3 Å². The van der Waals surface area contributed by atoms with Crippen molar-refractivity contribution in [1.82, 2.24) is 0 Å². The number of Topliss-reactive ketones (excluding diaryl/α,β-unsaturated/α-hetero) is 1. The monoisotopic (exact) mass is 464 g/mol. The Morgan fingerprint density at radius 1 is 1.06 bits per heavy atom. The Bertz CT molecular complexity index is 963. The third kappa shape index (κ3) is 3.83. The normalized spacial score (nSPS) is 37.3. The fourth-order valence-corrected chi connectivity index (χ4v) is 8.50. The highest BCUT2D eigenvalue weighted by molar-refractivity contribution is 6.14. The van der Waals surface area contributed by atoms with E-state index in [9.17, 15) is 4.79 Å². The van der Waals surface area contributed by atoms with Gasteiger partial charge in [0.25, 0.3) is 0 Å². The molecule has 4 aliphatic carbocycles. The fraction of sp³-hybridized carbons (Fsp3) is 0.788. The standard InChI is InChI=1S/C33H52O/c1-20-18-26-23(4)29(34)28-24-12-13-27(31(8,9)22(3)14-16-30(5,6)7)32(24,10)17-15-25(28)33(26,11)19-21(20)2/h12,20-22,27H,13-19H2,1-11H3/t20-,21+,22-,27-,32+,33-/m1/s1. The molecule has 1 heteroatoms. The van der Waals surface area contributed by atoms with Gasteiger partial charge in [0.15, 0.2) is 5.78 Å². The molecule has 4 aliphatic rings. The van der Waals surface area contributed by atoms with Crippen molar-refractivity contribution in [1.29, 1.82) is 0 Å². The van der Waals surface area contributed by atoms with Gasteiger partial charge in [-0.15, -0.1) is 0 Å². The smallest absolute Gasteiger partial charge is 0.188 e. The maximum Gasteiger partial charge on any atom is 0.188 e. The zero-order valence-electron chi connectivity index (χ0n) is 24.2. The van der Waals surface area contributed by atoms with Crippen molar-refractivity contribution < 1.29 is 4.79 Å². The largest absolute Gasteiger partial charge is 0.289 e. The molecule has 0 saturated heterocycles. The lowest BCUT2D eigenvalue weighted by atomic mass is 9.50. The first kappa shape index (κ1) is 26.0. The Hall–Kier alpha value is -1.11. The Morgan fingerprint density at radius 2 is 1.71 bits per heavy atom. The summed E-state index contributed by atoms with van der Waals surface area (Å²) in [5.41, 5.74) is 7.47. The molecule has 0 unspecified atom stereocenters. The third-order valence-corrected chi connectivity index (χ3v) is 11.5. The lowest BCUT2D eigenvalue weighted by molar-refractivity contribution is -0.113.